The predicted octanol–water partition coefficient (Wildman–Crippen LogP) is 2.07. The van der Waals surface area contributed by atoms with Crippen LogP contribution in [0.2, 0.25) is 0 Å². The van der Waals surface area contributed by atoms with Gasteiger partial charge in [-0.1, -0.05) is 0 Å². The minimum atomic E-state index is 0.227. The number of aromatic nitrogens is 1. The first-order valence-corrected chi connectivity index (χ1v) is 5.48. The monoisotopic (exact) mass is 244 g/mol. The molecule has 0 spiro atoms. The number of pyridine rings is 1. The Morgan fingerprint density at radius 3 is 2.72 bits per heavy atom. The molecule has 0 fully saturated rings. The van der Waals surface area contributed by atoms with Gasteiger partial charge < -0.3 is 19.9 Å². The summed E-state index contributed by atoms with van der Waals surface area (Å²) in [7, 11) is 1.60. The number of hydrogen-bond donors (Lipinski definition) is 1. The van der Waals surface area contributed by atoms with E-state index in [2.05, 4.69) is 4.98 Å². The van der Waals surface area contributed by atoms with Crippen LogP contribution in [0.1, 0.15) is 0 Å². The Kier molecular flexibility index (Phi) is 2.44. The summed E-state index contributed by atoms with van der Waals surface area (Å²) in [5, 5.41) is 0. The van der Waals surface area contributed by atoms with Crippen LogP contribution in [-0.2, 0) is 0 Å². The Balaban J connectivity index is 2.20. The van der Waals surface area contributed by atoms with Gasteiger partial charge in [0.2, 0.25) is 6.79 Å². The minimum absolute atomic E-state index is 0.227. The molecule has 0 aliphatic carbocycles. The Morgan fingerprint density at radius 2 is 2.00 bits per heavy atom. The molecule has 1 aromatic heterocycles. The van der Waals surface area contributed by atoms with Gasteiger partial charge in [-0.2, -0.15) is 0 Å². The molecule has 0 atom stereocenters. The maximum Gasteiger partial charge on any atom is 0.231 e. The lowest BCUT2D eigenvalue weighted by Crippen LogP contribution is -1.95. The van der Waals surface area contributed by atoms with Gasteiger partial charge >= 0.3 is 0 Å². The van der Waals surface area contributed by atoms with Gasteiger partial charge in [0.1, 0.15) is 11.6 Å². The van der Waals surface area contributed by atoms with E-state index < -0.39 is 0 Å². The standard InChI is InChI=1S/C13H12N2O3/c1-16-10-6-12-11(17-7-18-12)5-9(10)8-3-2-4-15-13(8)14/h2-6H,7H2,1H3,(H2,14,15). The van der Waals surface area contributed by atoms with E-state index in [-0.39, 0.29) is 6.79 Å². The molecule has 3 rings (SSSR count). The summed E-state index contributed by atoms with van der Waals surface area (Å²) in [6.07, 6.45) is 1.65. The van der Waals surface area contributed by atoms with E-state index in [0.717, 1.165) is 11.1 Å². The maximum absolute atomic E-state index is 5.88. The number of benzene rings is 1. The topological polar surface area (TPSA) is 66.6 Å². The van der Waals surface area contributed by atoms with Crippen LogP contribution < -0.4 is 19.9 Å². The van der Waals surface area contributed by atoms with Crippen molar-refractivity contribution in [1.29, 1.82) is 0 Å². The van der Waals surface area contributed by atoms with Gasteiger partial charge in [0.05, 0.1) is 7.11 Å². The van der Waals surface area contributed by atoms with Crippen molar-refractivity contribution in [1.82, 2.24) is 4.98 Å². The van der Waals surface area contributed by atoms with Crippen molar-refractivity contribution in [2.45, 2.75) is 0 Å². The quantitative estimate of drug-likeness (QED) is 0.875. The predicted molar refractivity (Wildman–Crippen MR) is 66.8 cm³/mol. The van der Waals surface area contributed by atoms with Crippen molar-refractivity contribution in [2.75, 3.05) is 19.6 Å². The second-order valence-corrected chi connectivity index (χ2v) is 3.84. The number of fused-ring (bicyclic) bond motifs is 1. The van der Waals surface area contributed by atoms with Gasteiger partial charge in [-0.25, -0.2) is 4.98 Å². The fraction of sp³-hybridized carbons (Fsp3) is 0.154. The van der Waals surface area contributed by atoms with Crippen molar-refractivity contribution in [3.63, 3.8) is 0 Å². The van der Waals surface area contributed by atoms with E-state index in [1.165, 1.54) is 0 Å². The zero-order valence-electron chi connectivity index (χ0n) is 9.84. The van der Waals surface area contributed by atoms with E-state index in [0.29, 0.717) is 23.1 Å². The van der Waals surface area contributed by atoms with Gasteiger partial charge in [0, 0.05) is 23.4 Å². The number of anilines is 1. The molecular formula is C13H12N2O3. The zero-order chi connectivity index (χ0) is 12.5. The molecule has 0 radical (unpaired) electrons. The highest BCUT2D eigenvalue weighted by Crippen LogP contribution is 2.43. The van der Waals surface area contributed by atoms with Crippen molar-refractivity contribution < 1.29 is 14.2 Å². The van der Waals surface area contributed by atoms with Crippen molar-refractivity contribution in [2.24, 2.45) is 0 Å². The van der Waals surface area contributed by atoms with Gasteiger partial charge in [-0.15, -0.1) is 0 Å². The van der Waals surface area contributed by atoms with Crippen LogP contribution in [-0.4, -0.2) is 18.9 Å². The van der Waals surface area contributed by atoms with Crippen molar-refractivity contribution in [3.8, 4) is 28.4 Å². The molecule has 1 aliphatic heterocycles. The molecule has 92 valence electrons. The fourth-order valence-corrected chi connectivity index (χ4v) is 1.95. The molecule has 0 saturated heterocycles. The van der Waals surface area contributed by atoms with Gasteiger partial charge in [0.15, 0.2) is 11.5 Å². The second-order valence-electron chi connectivity index (χ2n) is 3.84. The Hall–Kier alpha value is -2.43. The molecule has 0 bridgehead atoms. The lowest BCUT2D eigenvalue weighted by atomic mass is 10.0. The van der Waals surface area contributed by atoms with Crippen LogP contribution in [0.3, 0.4) is 0 Å². The normalized spacial score (nSPS) is 12.5. The number of nitrogen functional groups attached to an aromatic ring is 1. The molecule has 2 aromatic rings. The third kappa shape index (κ3) is 1.60. The number of methoxy groups -OCH3 is 1. The third-order valence-electron chi connectivity index (χ3n) is 2.82. The average Bonchev–Trinajstić information content (AvgIpc) is 2.85. The highest BCUT2D eigenvalue weighted by molar-refractivity contribution is 5.80. The maximum atomic E-state index is 5.88. The SMILES string of the molecule is COc1cc2c(cc1-c1cccnc1N)OCO2. The summed E-state index contributed by atoms with van der Waals surface area (Å²) >= 11 is 0. The molecule has 2 heterocycles. The van der Waals surface area contributed by atoms with Crippen LogP contribution in [0.4, 0.5) is 5.82 Å². The fourth-order valence-electron chi connectivity index (χ4n) is 1.95. The number of rotatable bonds is 2. The smallest absolute Gasteiger partial charge is 0.231 e. The van der Waals surface area contributed by atoms with E-state index in [1.54, 1.807) is 19.4 Å². The lowest BCUT2D eigenvalue weighted by Gasteiger charge is -2.11. The Labute approximate surface area is 104 Å². The lowest BCUT2D eigenvalue weighted by molar-refractivity contribution is 0.174. The summed E-state index contributed by atoms with van der Waals surface area (Å²) in [5.74, 6) is 2.50. The molecule has 0 unspecified atom stereocenters. The highest BCUT2D eigenvalue weighted by atomic mass is 16.7. The first kappa shape index (κ1) is 10.7. The van der Waals surface area contributed by atoms with Crippen LogP contribution in [0.25, 0.3) is 11.1 Å². The third-order valence-corrected chi connectivity index (χ3v) is 2.82. The summed E-state index contributed by atoms with van der Waals surface area (Å²) in [4.78, 5) is 4.07. The van der Waals surface area contributed by atoms with Crippen molar-refractivity contribution in [3.05, 3.63) is 30.5 Å². The Bertz CT molecular complexity index is 599. The van der Waals surface area contributed by atoms with Gasteiger partial charge in [-0.3, -0.25) is 0 Å². The van der Waals surface area contributed by atoms with E-state index in [9.17, 15) is 0 Å². The molecule has 5 heteroatoms. The first-order valence-electron chi connectivity index (χ1n) is 5.48. The van der Waals surface area contributed by atoms with E-state index >= 15 is 0 Å². The number of hydrogen-bond acceptors (Lipinski definition) is 5. The molecule has 18 heavy (non-hydrogen) atoms. The summed E-state index contributed by atoms with van der Waals surface area (Å²) in [6, 6.07) is 7.37. The number of nitrogens with zero attached hydrogens (tertiary/aromatic N) is 1. The van der Waals surface area contributed by atoms with Crippen LogP contribution in [0.15, 0.2) is 30.5 Å². The van der Waals surface area contributed by atoms with Crippen molar-refractivity contribution >= 4 is 5.82 Å². The molecule has 1 aliphatic rings. The van der Waals surface area contributed by atoms with Crippen LogP contribution >= 0.6 is 0 Å². The molecule has 5 nitrogen and oxygen atoms in total. The first-order chi connectivity index (χ1) is 8.79. The largest absolute Gasteiger partial charge is 0.496 e. The summed E-state index contributed by atoms with van der Waals surface area (Å²) in [5.41, 5.74) is 7.54. The molecule has 0 amide bonds. The minimum Gasteiger partial charge on any atom is -0.496 e. The van der Waals surface area contributed by atoms with Gasteiger partial charge in [0.25, 0.3) is 0 Å². The summed E-state index contributed by atoms with van der Waals surface area (Å²) in [6.45, 7) is 0.227. The average molecular weight is 244 g/mol. The highest BCUT2D eigenvalue weighted by Gasteiger charge is 2.19. The summed E-state index contributed by atoms with van der Waals surface area (Å²) < 4.78 is 16.0. The van der Waals surface area contributed by atoms with Crippen LogP contribution in [0, 0.1) is 0 Å². The number of ether oxygens (including phenoxy) is 3. The molecule has 2 N–H and O–H groups in total. The van der Waals surface area contributed by atoms with E-state index in [1.807, 2.05) is 18.2 Å². The van der Waals surface area contributed by atoms with Crippen LogP contribution in [0.5, 0.6) is 17.2 Å². The van der Waals surface area contributed by atoms with Gasteiger partial charge in [-0.05, 0) is 18.2 Å². The zero-order valence-corrected chi connectivity index (χ0v) is 9.84. The molecule has 1 aromatic carbocycles. The molecular weight excluding hydrogens is 232 g/mol. The van der Waals surface area contributed by atoms with E-state index in [4.69, 9.17) is 19.9 Å². The Morgan fingerprint density at radius 1 is 1.22 bits per heavy atom. The number of nitrogens with two attached hydrogens (primary N) is 1. The second kappa shape index (κ2) is 4.10. The molecule has 0 saturated carbocycles.